The van der Waals surface area contributed by atoms with Gasteiger partial charge in [-0.2, -0.15) is 0 Å². The zero-order valence-electron chi connectivity index (χ0n) is 9.11. The number of anilines is 1. The average molecular weight is 215 g/mol. The lowest BCUT2D eigenvalue weighted by Gasteiger charge is -2.40. The van der Waals surface area contributed by atoms with Gasteiger partial charge in [0.15, 0.2) is 0 Å². The van der Waals surface area contributed by atoms with E-state index in [9.17, 15) is 0 Å². The number of pyridine rings is 1. The lowest BCUT2D eigenvalue weighted by molar-refractivity contribution is 0.361. The van der Waals surface area contributed by atoms with Crippen molar-refractivity contribution in [3.8, 4) is 0 Å². The van der Waals surface area contributed by atoms with Gasteiger partial charge in [0, 0.05) is 36.9 Å². The van der Waals surface area contributed by atoms with E-state index < -0.39 is 0 Å². The minimum atomic E-state index is 0.455. The van der Waals surface area contributed by atoms with E-state index in [-0.39, 0.29) is 0 Å². The van der Waals surface area contributed by atoms with Gasteiger partial charge in [-0.1, -0.05) is 5.21 Å². The van der Waals surface area contributed by atoms with Gasteiger partial charge < -0.3 is 4.90 Å². The van der Waals surface area contributed by atoms with E-state index in [1.807, 2.05) is 30.1 Å². The Kier molecular flexibility index (Phi) is 2.09. The summed E-state index contributed by atoms with van der Waals surface area (Å²) in [4.78, 5) is 6.52. The molecule has 5 heteroatoms. The highest BCUT2D eigenvalue weighted by Crippen LogP contribution is 2.26. The summed E-state index contributed by atoms with van der Waals surface area (Å²) in [5, 5.41) is 7.83. The summed E-state index contributed by atoms with van der Waals surface area (Å²) in [7, 11) is 0. The number of rotatable bonds is 2. The molecule has 0 bridgehead atoms. The number of nitrogens with zero attached hydrogens (tertiary/aromatic N) is 5. The van der Waals surface area contributed by atoms with Crippen LogP contribution in [-0.2, 0) is 0 Å². The van der Waals surface area contributed by atoms with Crippen molar-refractivity contribution < 1.29 is 0 Å². The first-order valence-electron chi connectivity index (χ1n) is 5.36. The maximum Gasteiger partial charge on any atom is 0.0886 e. The van der Waals surface area contributed by atoms with E-state index >= 15 is 0 Å². The Morgan fingerprint density at radius 3 is 2.88 bits per heavy atom. The van der Waals surface area contributed by atoms with Crippen LogP contribution in [0.3, 0.4) is 0 Å². The van der Waals surface area contributed by atoms with Crippen LogP contribution in [-0.4, -0.2) is 33.1 Å². The van der Waals surface area contributed by atoms with E-state index in [1.54, 1.807) is 6.20 Å². The molecular weight excluding hydrogens is 202 g/mol. The van der Waals surface area contributed by atoms with Gasteiger partial charge in [-0.15, -0.1) is 5.10 Å². The van der Waals surface area contributed by atoms with Gasteiger partial charge in [-0.3, -0.25) is 4.98 Å². The highest BCUT2D eigenvalue weighted by Gasteiger charge is 2.28. The molecule has 0 N–H and O–H groups in total. The zero-order valence-corrected chi connectivity index (χ0v) is 9.11. The molecule has 82 valence electrons. The van der Waals surface area contributed by atoms with Crippen LogP contribution in [0.4, 0.5) is 5.69 Å². The van der Waals surface area contributed by atoms with Crippen LogP contribution in [0.2, 0.25) is 0 Å². The molecule has 0 aliphatic carbocycles. The van der Waals surface area contributed by atoms with E-state index in [0.717, 1.165) is 18.8 Å². The summed E-state index contributed by atoms with van der Waals surface area (Å²) in [5.74, 6) is 0. The van der Waals surface area contributed by atoms with Gasteiger partial charge in [0.1, 0.15) is 0 Å². The molecule has 3 rings (SSSR count). The predicted octanol–water partition coefficient (Wildman–Crippen LogP) is 1.04. The molecule has 0 amide bonds. The molecule has 2 aromatic rings. The molecule has 0 saturated carbocycles. The minimum absolute atomic E-state index is 0.455. The summed E-state index contributed by atoms with van der Waals surface area (Å²) in [6, 6.07) is 4.61. The van der Waals surface area contributed by atoms with Gasteiger partial charge in [0.25, 0.3) is 0 Å². The normalized spacial score (nSPS) is 16.2. The largest absolute Gasteiger partial charge is 0.367 e. The van der Waals surface area contributed by atoms with Crippen molar-refractivity contribution in [2.24, 2.45) is 0 Å². The Bertz CT molecular complexity index is 473. The summed E-state index contributed by atoms with van der Waals surface area (Å²) < 4.78 is 1.92. The minimum Gasteiger partial charge on any atom is -0.367 e. The zero-order chi connectivity index (χ0) is 11.0. The van der Waals surface area contributed by atoms with Crippen LogP contribution in [0.25, 0.3) is 0 Å². The third-order valence-corrected chi connectivity index (χ3v) is 2.92. The Balaban J connectivity index is 1.69. The topological polar surface area (TPSA) is 46.8 Å². The molecule has 16 heavy (non-hydrogen) atoms. The maximum atomic E-state index is 4.20. The summed E-state index contributed by atoms with van der Waals surface area (Å²) in [6.45, 7) is 4.00. The van der Waals surface area contributed by atoms with Crippen LogP contribution < -0.4 is 4.90 Å². The van der Waals surface area contributed by atoms with Crippen LogP contribution in [0.15, 0.2) is 30.7 Å². The van der Waals surface area contributed by atoms with Crippen molar-refractivity contribution in [1.29, 1.82) is 0 Å². The first kappa shape index (κ1) is 9.33. The first-order valence-corrected chi connectivity index (χ1v) is 5.36. The monoisotopic (exact) mass is 215 g/mol. The average Bonchev–Trinajstić information content (AvgIpc) is 2.69. The Morgan fingerprint density at radius 1 is 1.31 bits per heavy atom. The smallest absolute Gasteiger partial charge is 0.0886 e. The Hall–Kier alpha value is -1.91. The molecule has 0 aromatic carbocycles. The molecule has 2 aromatic heterocycles. The fraction of sp³-hybridized carbons (Fsp3) is 0.364. The molecular formula is C11H13N5. The molecule has 0 atom stereocenters. The summed E-state index contributed by atoms with van der Waals surface area (Å²) in [5.41, 5.74) is 2.30. The molecule has 0 unspecified atom stereocenters. The maximum absolute atomic E-state index is 4.20. The molecule has 0 spiro atoms. The van der Waals surface area contributed by atoms with Crippen molar-refractivity contribution in [2.45, 2.75) is 13.0 Å². The molecule has 1 fully saturated rings. The third-order valence-electron chi connectivity index (χ3n) is 2.92. The molecule has 1 saturated heterocycles. The highest BCUT2D eigenvalue weighted by molar-refractivity contribution is 5.49. The molecule has 1 aliphatic rings. The highest BCUT2D eigenvalue weighted by atomic mass is 15.5. The van der Waals surface area contributed by atoms with E-state index in [2.05, 4.69) is 26.3 Å². The third kappa shape index (κ3) is 1.54. The van der Waals surface area contributed by atoms with Crippen LogP contribution in [0.5, 0.6) is 0 Å². The van der Waals surface area contributed by atoms with E-state index in [0.29, 0.717) is 6.04 Å². The molecule has 0 radical (unpaired) electrons. The van der Waals surface area contributed by atoms with Crippen molar-refractivity contribution in [3.63, 3.8) is 0 Å². The second kappa shape index (κ2) is 3.59. The number of aryl methyl sites for hydroxylation is 1. The van der Waals surface area contributed by atoms with Crippen molar-refractivity contribution in [2.75, 3.05) is 18.0 Å². The number of aromatic nitrogens is 4. The fourth-order valence-electron chi connectivity index (χ4n) is 1.97. The van der Waals surface area contributed by atoms with E-state index in [4.69, 9.17) is 0 Å². The van der Waals surface area contributed by atoms with Gasteiger partial charge >= 0.3 is 0 Å². The van der Waals surface area contributed by atoms with Crippen molar-refractivity contribution >= 4 is 5.69 Å². The molecule has 3 heterocycles. The number of hydrogen-bond acceptors (Lipinski definition) is 4. The molecule has 1 aliphatic heterocycles. The van der Waals surface area contributed by atoms with Crippen LogP contribution in [0, 0.1) is 6.92 Å². The quantitative estimate of drug-likeness (QED) is 0.751. The number of hydrogen-bond donors (Lipinski definition) is 0. The second-order valence-corrected chi connectivity index (χ2v) is 4.10. The lowest BCUT2D eigenvalue weighted by atomic mass is 10.1. The van der Waals surface area contributed by atoms with Gasteiger partial charge in [-0.25, -0.2) is 4.68 Å². The SMILES string of the molecule is Cc1cc(N2CC(n3ccnn3)C2)ccn1. The van der Waals surface area contributed by atoms with Gasteiger partial charge in [-0.05, 0) is 19.1 Å². The summed E-state index contributed by atoms with van der Waals surface area (Å²) >= 11 is 0. The standard InChI is InChI=1S/C11H13N5/c1-9-6-10(2-3-12-9)15-7-11(8-15)16-5-4-13-14-16/h2-6,11H,7-8H2,1H3. The van der Waals surface area contributed by atoms with Crippen LogP contribution in [0.1, 0.15) is 11.7 Å². The fourth-order valence-corrected chi connectivity index (χ4v) is 1.97. The van der Waals surface area contributed by atoms with Crippen molar-refractivity contribution in [1.82, 2.24) is 20.0 Å². The van der Waals surface area contributed by atoms with E-state index in [1.165, 1.54) is 5.69 Å². The second-order valence-electron chi connectivity index (χ2n) is 4.10. The summed E-state index contributed by atoms with van der Waals surface area (Å²) in [6.07, 6.45) is 5.49. The Labute approximate surface area is 93.7 Å². The molecule has 5 nitrogen and oxygen atoms in total. The first-order chi connectivity index (χ1) is 7.83. The van der Waals surface area contributed by atoms with Gasteiger partial charge in [0.2, 0.25) is 0 Å². The Morgan fingerprint density at radius 2 is 2.19 bits per heavy atom. The predicted molar refractivity (Wildman–Crippen MR) is 60.2 cm³/mol. The lowest BCUT2D eigenvalue weighted by Crippen LogP contribution is -2.48. The van der Waals surface area contributed by atoms with Gasteiger partial charge in [0.05, 0.1) is 12.2 Å². The van der Waals surface area contributed by atoms with Crippen molar-refractivity contribution in [3.05, 3.63) is 36.4 Å². The van der Waals surface area contributed by atoms with Crippen LogP contribution >= 0.6 is 0 Å².